The molecule has 108 valence electrons. The summed E-state index contributed by atoms with van der Waals surface area (Å²) in [4.78, 5) is 10.6. The zero-order valence-corrected chi connectivity index (χ0v) is 12.2. The van der Waals surface area contributed by atoms with Crippen molar-refractivity contribution in [2.24, 2.45) is 0 Å². The SMILES string of the molecule is O=C(O)C=Cc1cc(F)ccc1CSC1CCCCC1. The fraction of sp³-hybridized carbons (Fsp3) is 0.438. The summed E-state index contributed by atoms with van der Waals surface area (Å²) >= 11 is 1.90. The van der Waals surface area contributed by atoms with Crippen LogP contribution in [0.25, 0.3) is 6.08 Å². The van der Waals surface area contributed by atoms with E-state index >= 15 is 0 Å². The number of thioether (sulfide) groups is 1. The molecule has 1 aromatic rings. The van der Waals surface area contributed by atoms with E-state index in [0.29, 0.717) is 10.8 Å². The third-order valence-corrected chi connectivity index (χ3v) is 4.96. The molecule has 0 bridgehead atoms. The van der Waals surface area contributed by atoms with E-state index in [4.69, 9.17) is 5.11 Å². The van der Waals surface area contributed by atoms with Crippen molar-refractivity contribution in [1.29, 1.82) is 0 Å². The van der Waals surface area contributed by atoms with E-state index in [1.165, 1.54) is 50.3 Å². The second kappa shape index (κ2) is 7.48. The van der Waals surface area contributed by atoms with Crippen molar-refractivity contribution in [3.05, 3.63) is 41.2 Å². The summed E-state index contributed by atoms with van der Waals surface area (Å²) in [6.45, 7) is 0. The van der Waals surface area contributed by atoms with Crippen molar-refractivity contribution >= 4 is 23.8 Å². The summed E-state index contributed by atoms with van der Waals surface area (Å²) in [7, 11) is 0. The van der Waals surface area contributed by atoms with Gasteiger partial charge in [-0.15, -0.1) is 0 Å². The molecule has 0 saturated heterocycles. The largest absolute Gasteiger partial charge is 0.478 e. The first-order chi connectivity index (χ1) is 9.65. The molecular formula is C16H19FO2S. The highest BCUT2D eigenvalue weighted by molar-refractivity contribution is 7.99. The smallest absolute Gasteiger partial charge is 0.328 e. The lowest BCUT2D eigenvalue weighted by Gasteiger charge is -2.21. The number of aliphatic carboxylic acids is 1. The predicted molar refractivity (Wildman–Crippen MR) is 81.2 cm³/mol. The number of carboxylic acid groups (broad SMARTS) is 1. The van der Waals surface area contributed by atoms with E-state index in [9.17, 15) is 9.18 Å². The minimum Gasteiger partial charge on any atom is -0.478 e. The lowest BCUT2D eigenvalue weighted by molar-refractivity contribution is -0.131. The molecule has 1 aliphatic rings. The van der Waals surface area contributed by atoms with Gasteiger partial charge in [0, 0.05) is 17.1 Å². The molecule has 0 amide bonds. The van der Waals surface area contributed by atoms with Crippen LogP contribution in [-0.4, -0.2) is 16.3 Å². The Labute approximate surface area is 123 Å². The van der Waals surface area contributed by atoms with Gasteiger partial charge in [0.2, 0.25) is 0 Å². The summed E-state index contributed by atoms with van der Waals surface area (Å²) in [5, 5.41) is 9.37. The van der Waals surface area contributed by atoms with Gasteiger partial charge in [-0.05, 0) is 42.2 Å². The maximum atomic E-state index is 13.3. The summed E-state index contributed by atoms with van der Waals surface area (Å²) in [5.74, 6) is -0.536. The first-order valence-corrected chi connectivity index (χ1v) is 8.01. The van der Waals surface area contributed by atoms with Crippen LogP contribution in [0.5, 0.6) is 0 Å². The van der Waals surface area contributed by atoms with Gasteiger partial charge in [-0.2, -0.15) is 11.8 Å². The molecule has 0 aromatic heterocycles. The highest BCUT2D eigenvalue weighted by atomic mass is 32.2. The van der Waals surface area contributed by atoms with Crippen molar-refractivity contribution in [3.63, 3.8) is 0 Å². The van der Waals surface area contributed by atoms with Crippen molar-refractivity contribution in [3.8, 4) is 0 Å². The van der Waals surface area contributed by atoms with E-state index in [1.54, 1.807) is 6.07 Å². The molecule has 0 radical (unpaired) electrons. The molecule has 20 heavy (non-hydrogen) atoms. The first-order valence-electron chi connectivity index (χ1n) is 6.96. The zero-order valence-electron chi connectivity index (χ0n) is 11.3. The van der Waals surface area contributed by atoms with Crippen molar-refractivity contribution in [2.75, 3.05) is 0 Å². The number of hydrogen-bond acceptors (Lipinski definition) is 2. The molecule has 0 aliphatic heterocycles. The van der Waals surface area contributed by atoms with E-state index in [1.807, 2.05) is 11.8 Å². The van der Waals surface area contributed by atoms with Crippen LogP contribution >= 0.6 is 11.8 Å². The molecule has 0 atom stereocenters. The third kappa shape index (κ3) is 4.67. The lowest BCUT2D eigenvalue weighted by atomic mass is 10.0. The Morgan fingerprint density at radius 1 is 1.35 bits per heavy atom. The molecule has 0 heterocycles. The fourth-order valence-electron chi connectivity index (χ4n) is 2.45. The lowest BCUT2D eigenvalue weighted by Crippen LogP contribution is -2.08. The van der Waals surface area contributed by atoms with Gasteiger partial charge in [0.25, 0.3) is 0 Å². The summed E-state index contributed by atoms with van der Waals surface area (Å²) in [6.07, 6.45) is 8.98. The van der Waals surface area contributed by atoms with Gasteiger partial charge in [-0.3, -0.25) is 0 Å². The normalized spacial score (nSPS) is 16.6. The number of halogens is 1. The number of benzene rings is 1. The van der Waals surface area contributed by atoms with Crippen LogP contribution < -0.4 is 0 Å². The van der Waals surface area contributed by atoms with Gasteiger partial charge in [-0.25, -0.2) is 9.18 Å². The van der Waals surface area contributed by atoms with Gasteiger partial charge in [0.15, 0.2) is 0 Å². The Morgan fingerprint density at radius 2 is 2.10 bits per heavy atom. The van der Waals surface area contributed by atoms with Crippen LogP contribution in [0.3, 0.4) is 0 Å². The standard InChI is InChI=1S/C16H19FO2S/c17-14-8-6-13(12(10-14)7-9-16(18)19)11-20-15-4-2-1-3-5-15/h6-10,15H,1-5,11H2,(H,18,19). The topological polar surface area (TPSA) is 37.3 Å². The average Bonchev–Trinajstić information content (AvgIpc) is 2.45. The van der Waals surface area contributed by atoms with Gasteiger partial charge < -0.3 is 5.11 Å². The van der Waals surface area contributed by atoms with Crippen LogP contribution in [0.1, 0.15) is 43.2 Å². The number of carboxylic acids is 1. The predicted octanol–water partition coefficient (Wildman–Crippen LogP) is 4.49. The molecule has 0 spiro atoms. The minimum absolute atomic E-state index is 0.332. The van der Waals surface area contributed by atoms with Crippen LogP contribution in [-0.2, 0) is 10.5 Å². The Kier molecular flexibility index (Phi) is 5.65. The molecule has 2 rings (SSSR count). The molecule has 1 aliphatic carbocycles. The highest BCUT2D eigenvalue weighted by Gasteiger charge is 2.14. The van der Waals surface area contributed by atoms with Crippen molar-refractivity contribution < 1.29 is 14.3 Å². The second-order valence-corrected chi connectivity index (χ2v) is 6.37. The molecule has 0 unspecified atom stereocenters. The van der Waals surface area contributed by atoms with Gasteiger partial charge in [0.1, 0.15) is 5.82 Å². The van der Waals surface area contributed by atoms with Gasteiger partial charge in [0.05, 0.1) is 0 Å². The molecule has 1 aromatic carbocycles. The molecule has 1 N–H and O–H groups in total. The van der Waals surface area contributed by atoms with E-state index < -0.39 is 5.97 Å². The number of hydrogen-bond donors (Lipinski definition) is 1. The van der Waals surface area contributed by atoms with Crippen molar-refractivity contribution in [1.82, 2.24) is 0 Å². The highest BCUT2D eigenvalue weighted by Crippen LogP contribution is 2.31. The molecule has 1 saturated carbocycles. The maximum absolute atomic E-state index is 13.3. The molecule has 2 nitrogen and oxygen atoms in total. The van der Waals surface area contributed by atoms with Crippen LogP contribution in [0, 0.1) is 5.82 Å². The van der Waals surface area contributed by atoms with Crippen molar-refractivity contribution in [2.45, 2.75) is 43.1 Å². The summed E-state index contributed by atoms with van der Waals surface area (Å²) in [5.41, 5.74) is 1.66. The van der Waals surface area contributed by atoms with Gasteiger partial charge in [-0.1, -0.05) is 25.3 Å². The Hall–Kier alpha value is -1.29. The number of rotatable bonds is 5. The molecular weight excluding hydrogens is 275 g/mol. The summed E-state index contributed by atoms with van der Waals surface area (Å²) in [6, 6.07) is 4.59. The maximum Gasteiger partial charge on any atom is 0.328 e. The molecule has 1 fully saturated rings. The van der Waals surface area contributed by atoms with Crippen LogP contribution in [0.15, 0.2) is 24.3 Å². The second-order valence-electron chi connectivity index (χ2n) is 5.09. The van der Waals surface area contributed by atoms with E-state index in [0.717, 1.165) is 17.4 Å². The van der Waals surface area contributed by atoms with Gasteiger partial charge >= 0.3 is 5.97 Å². The monoisotopic (exact) mass is 294 g/mol. The Balaban J connectivity index is 2.03. The molecule has 4 heteroatoms. The average molecular weight is 294 g/mol. The Morgan fingerprint density at radius 3 is 2.80 bits per heavy atom. The van der Waals surface area contributed by atoms with E-state index in [-0.39, 0.29) is 5.82 Å². The van der Waals surface area contributed by atoms with Crippen LogP contribution in [0.2, 0.25) is 0 Å². The Bertz CT molecular complexity index is 493. The van der Waals surface area contributed by atoms with Crippen LogP contribution in [0.4, 0.5) is 4.39 Å². The summed E-state index contributed by atoms with van der Waals surface area (Å²) < 4.78 is 13.3. The fourth-order valence-corrected chi connectivity index (χ4v) is 3.80. The minimum atomic E-state index is -1.01. The zero-order chi connectivity index (χ0) is 14.4. The third-order valence-electron chi connectivity index (χ3n) is 3.54. The quantitative estimate of drug-likeness (QED) is 0.813. The van der Waals surface area contributed by atoms with E-state index in [2.05, 4.69) is 0 Å². The number of carbonyl (C=O) groups is 1. The first kappa shape index (κ1) is 15.1.